The van der Waals surface area contributed by atoms with E-state index in [4.69, 9.17) is 0 Å². The number of nitrogens with one attached hydrogen (secondary N) is 2. The minimum absolute atomic E-state index is 0.0743. The third-order valence-electron chi connectivity index (χ3n) is 4.96. The maximum absolute atomic E-state index is 13.2. The van der Waals surface area contributed by atoms with E-state index in [9.17, 15) is 22.8 Å². The van der Waals surface area contributed by atoms with E-state index in [1.807, 2.05) is 0 Å². The van der Waals surface area contributed by atoms with Crippen LogP contribution in [0.15, 0.2) is 41.4 Å². The Bertz CT molecular complexity index is 1110. The first kappa shape index (κ1) is 22.5. The number of methoxy groups -OCH3 is 1. The second kappa shape index (κ2) is 8.90. The molecule has 3 rings (SSSR count). The van der Waals surface area contributed by atoms with E-state index in [-0.39, 0.29) is 23.0 Å². The molecule has 2 aromatic rings. The van der Waals surface area contributed by atoms with Crippen LogP contribution in [0.3, 0.4) is 0 Å². The molecule has 0 saturated carbocycles. The van der Waals surface area contributed by atoms with Gasteiger partial charge in [-0.25, -0.2) is 13.2 Å². The summed E-state index contributed by atoms with van der Waals surface area (Å²) < 4.78 is 33.5. The number of rotatable bonds is 6. The van der Waals surface area contributed by atoms with Crippen LogP contribution in [0.5, 0.6) is 0 Å². The van der Waals surface area contributed by atoms with E-state index >= 15 is 0 Å². The van der Waals surface area contributed by atoms with Crippen LogP contribution in [0.1, 0.15) is 30.3 Å². The standard InChI is InChI=1S/C20H24N4O6S/c1-13(25)21-14-6-8-15(9-7-14)22-19(26)17-5-4-10-24(17)31(28,29)16-11-18(20(27)30-3)23(2)12-16/h6-9,11-12,17H,4-5,10H2,1-3H3,(H,21,25)(H,22,26)/t17-/m1/s1. The number of aromatic nitrogens is 1. The first-order valence-electron chi connectivity index (χ1n) is 9.58. The second-order valence-corrected chi connectivity index (χ2v) is 9.08. The van der Waals surface area contributed by atoms with Crippen molar-refractivity contribution < 1.29 is 27.5 Å². The lowest BCUT2D eigenvalue weighted by Crippen LogP contribution is -2.43. The number of ether oxygens (including phenoxy) is 1. The summed E-state index contributed by atoms with van der Waals surface area (Å²) in [5.41, 5.74) is 1.16. The van der Waals surface area contributed by atoms with Crippen LogP contribution in [-0.2, 0) is 31.4 Å². The van der Waals surface area contributed by atoms with Crippen molar-refractivity contribution in [3.63, 3.8) is 0 Å². The zero-order valence-electron chi connectivity index (χ0n) is 17.4. The van der Waals surface area contributed by atoms with Crippen LogP contribution in [0.25, 0.3) is 0 Å². The molecule has 0 aliphatic carbocycles. The van der Waals surface area contributed by atoms with Gasteiger partial charge in [0.25, 0.3) is 0 Å². The molecule has 1 saturated heterocycles. The van der Waals surface area contributed by atoms with Gasteiger partial charge in [0, 0.05) is 38.1 Å². The van der Waals surface area contributed by atoms with Gasteiger partial charge in [0.05, 0.1) is 7.11 Å². The molecule has 1 aromatic carbocycles. The van der Waals surface area contributed by atoms with Gasteiger partial charge in [0.1, 0.15) is 16.6 Å². The molecule has 10 nitrogen and oxygen atoms in total. The van der Waals surface area contributed by atoms with Gasteiger partial charge in [-0.15, -0.1) is 0 Å². The Labute approximate surface area is 180 Å². The summed E-state index contributed by atoms with van der Waals surface area (Å²) in [6, 6.07) is 6.89. The van der Waals surface area contributed by atoms with Crippen molar-refractivity contribution >= 4 is 39.2 Å². The number of amides is 2. The molecule has 2 heterocycles. The third-order valence-corrected chi connectivity index (χ3v) is 6.83. The minimum Gasteiger partial charge on any atom is -0.464 e. The van der Waals surface area contributed by atoms with Crippen molar-refractivity contribution in [3.8, 4) is 0 Å². The molecule has 1 atom stereocenters. The quantitative estimate of drug-likeness (QED) is 0.646. The highest BCUT2D eigenvalue weighted by atomic mass is 32.2. The summed E-state index contributed by atoms with van der Waals surface area (Å²) in [7, 11) is -1.23. The lowest BCUT2D eigenvalue weighted by Gasteiger charge is -2.23. The smallest absolute Gasteiger partial charge is 0.354 e. The molecule has 1 aliphatic rings. The third kappa shape index (κ3) is 4.78. The first-order chi connectivity index (χ1) is 14.6. The topological polar surface area (TPSA) is 127 Å². The molecule has 0 unspecified atom stereocenters. The summed E-state index contributed by atoms with van der Waals surface area (Å²) in [5.74, 6) is -1.31. The van der Waals surface area contributed by atoms with Crippen molar-refractivity contribution in [2.45, 2.75) is 30.7 Å². The predicted molar refractivity (Wildman–Crippen MR) is 113 cm³/mol. The fourth-order valence-corrected chi connectivity index (χ4v) is 5.20. The molecule has 2 amide bonds. The molecule has 11 heteroatoms. The van der Waals surface area contributed by atoms with Gasteiger partial charge in [-0.05, 0) is 43.2 Å². The molecule has 166 valence electrons. The fraction of sp³-hybridized carbons (Fsp3) is 0.350. The molecule has 0 radical (unpaired) electrons. The number of aryl methyl sites for hydroxylation is 1. The highest BCUT2D eigenvalue weighted by Crippen LogP contribution is 2.28. The molecular weight excluding hydrogens is 424 g/mol. The molecule has 1 fully saturated rings. The van der Waals surface area contributed by atoms with E-state index in [1.54, 1.807) is 31.3 Å². The van der Waals surface area contributed by atoms with E-state index in [2.05, 4.69) is 15.4 Å². The van der Waals surface area contributed by atoms with E-state index in [1.165, 1.54) is 30.9 Å². The largest absolute Gasteiger partial charge is 0.464 e. The summed E-state index contributed by atoms with van der Waals surface area (Å²) >= 11 is 0. The molecular formula is C20H24N4O6S. The number of carbonyl (C=O) groups is 3. The van der Waals surface area contributed by atoms with Gasteiger partial charge in [-0.3, -0.25) is 9.59 Å². The Morgan fingerprint density at radius 3 is 2.29 bits per heavy atom. The van der Waals surface area contributed by atoms with Gasteiger partial charge in [-0.2, -0.15) is 4.31 Å². The minimum atomic E-state index is -3.99. The zero-order chi connectivity index (χ0) is 22.8. The number of sulfonamides is 1. The molecule has 1 aromatic heterocycles. The lowest BCUT2D eigenvalue weighted by atomic mass is 10.2. The van der Waals surface area contributed by atoms with Crippen LogP contribution in [0.4, 0.5) is 11.4 Å². The Kier molecular flexibility index (Phi) is 6.46. The van der Waals surface area contributed by atoms with Crippen LogP contribution in [0.2, 0.25) is 0 Å². The number of nitrogens with zero attached hydrogens (tertiary/aromatic N) is 2. The number of benzene rings is 1. The van der Waals surface area contributed by atoms with Crippen LogP contribution >= 0.6 is 0 Å². The molecule has 1 aliphatic heterocycles. The van der Waals surface area contributed by atoms with Crippen LogP contribution in [0, 0.1) is 0 Å². The van der Waals surface area contributed by atoms with Gasteiger partial charge in [-0.1, -0.05) is 0 Å². The number of hydrogen-bond donors (Lipinski definition) is 2. The van der Waals surface area contributed by atoms with Gasteiger partial charge >= 0.3 is 5.97 Å². The van der Waals surface area contributed by atoms with Gasteiger partial charge in [0.2, 0.25) is 21.8 Å². The highest BCUT2D eigenvalue weighted by molar-refractivity contribution is 7.89. The normalized spacial score (nSPS) is 16.7. The Morgan fingerprint density at radius 1 is 1.10 bits per heavy atom. The second-order valence-electron chi connectivity index (χ2n) is 7.19. The predicted octanol–water partition coefficient (Wildman–Crippen LogP) is 1.56. The highest BCUT2D eigenvalue weighted by Gasteiger charge is 2.40. The van der Waals surface area contributed by atoms with Crippen molar-refractivity contribution in [2.24, 2.45) is 7.05 Å². The van der Waals surface area contributed by atoms with Crippen LogP contribution < -0.4 is 10.6 Å². The van der Waals surface area contributed by atoms with Crippen molar-refractivity contribution in [3.05, 3.63) is 42.2 Å². The Hall–Kier alpha value is -3.18. The maximum atomic E-state index is 13.2. The molecule has 0 spiro atoms. The van der Waals surface area contributed by atoms with Gasteiger partial charge in [0.15, 0.2) is 0 Å². The molecule has 31 heavy (non-hydrogen) atoms. The first-order valence-corrected chi connectivity index (χ1v) is 11.0. The zero-order valence-corrected chi connectivity index (χ0v) is 18.2. The van der Waals surface area contributed by atoms with Crippen molar-refractivity contribution in [1.29, 1.82) is 0 Å². The van der Waals surface area contributed by atoms with Crippen LogP contribution in [-0.4, -0.2) is 54.8 Å². The Balaban J connectivity index is 1.77. The number of carbonyl (C=O) groups excluding carboxylic acids is 3. The molecule has 0 bridgehead atoms. The maximum Gasteiger partial charge on any atom is 0.354 e. The summed E-state index contributed by atoms with van der Waals surface area (Å²) in [6.07, 6.45) is 2.25. The lowest BCUT2D eigenvalue weighted by molar-refractivity contribution is -0.119. The number of anilines is 2. The SMILES string of the molecule is COC(=O)c1cc(S(=O)(=O)N2CCC[C@@H]2C(=O)Nc2ccc(NC(C)=O)cc2)cn1C. The number of esters is 1. The van der Waals surface area contributed by atoms with E-state index < -0.39 is 27.9 Å². The summed E-state index contributed by atoms with van der Waals surface area (Å²) in [4.78, 5) is 35.7. The number of hydrogen-bond acceptors (Lipinski definition) is 6. The monoisotopic (exact) mass is 448 g/mol. The van der Waals surface area contributed by atoms with Crippen molar-refractivity contribution in [2.75, 3.05) is 24.3 Å². The Morgan fingerprint density at radius 2 is 1.71 bits per heavy atom. The average Bonchev–Trinajstić information content (AvgIpc) is 3.36. The van der Waals surface area contributed by atoms with E-state index in [0.717, 1.165) is 4.31 Å². The van der Waals surface area contributed by atoms with E-state index in [0.29, 0.717) is 24.2 Å². The molecule has 2 N–H and O–H groups in total. The fourth-order valence-electron chi connectivity index (χ4n) is 3.47. The van der Waals surface area contributed by atoms with Crippen molar-refractivity contribution in [1.82, 2.24) is 8.87 Å². The summed E-state index contributed by atoms with van der Waals surface area (Å²) in [6.45, 7) is 1.59. The average molecular weight is 449 g/mol. The summed E-state index contributed by atoms with van der Waals surface area (Å²) in [5, 5.41) is 5.35. The van der Waals surface area contributed by atoms with Gasteiger partial charge < -0.3 is 19.9 Å².